The van der Waals surface area contributed by atoms with Crippen LogP contribution in [0.5, 0.6) is 0 Å². The van der Waals surface area contributed by atoms with Gasteiger partial charge in [0, 0.05) is 17.5 Å². The Labute approximate surface area is 172 Å². The third kappa shape index (κ3) is 3.32. The molecule has 2 aromatic heterocycles. The predicted molar refractivity (Wildman–Crippen MR) is 112 cm³/mol. The van der Waals surface area contributed by atoms with Crippen molar-refractivity contribution >= 4 is 16.7 Å². The van der Waals surface area contributed by atoms with E-state index in [1.165, 1.54) is 0 Å². The van der Waals surface area contributed by atoms with E-state index < -0.39 is 0 Å². The van der Waals surface area contributed by atoms with Crippen LogP contribution in [0.2, 0.25) is 0 Å². The average Bonchev–Trinajstić information content (AvgIpc) is 3.21. The Hall–Kier alpha value is -3.29. The van der Waals surface area contributed by atoms with Crippen molar-refractivity contribution in [1.29, 1.82) is 0 Å². The Kier molecular flexibility index (Phi) is 4.69. The molecule has 1 amide bonds. The summed E-state index contributed by atoms with van der Waals surface area (Å²) in [5, 5.41) is 15.0. The third-order valence-electron chi connectivity index (χ3n) is 6.27. The second kappa shape index (κ2) is 7.51. The molecule has 0 atom stereocenters. The molecule has 8 heteroatoms. The highest BCUT2D eigenvalue weighted by atomic mass is 16.2. The number of rotatable bonds is 3. The average molecular weight is 405 g/mol. The van der Waals surface area contributed by atoms with Gasteiger partial charge < -0.3 is 5.32 Å². The van der Waals surface area contributed by atoms with Crippen LogP contribution in [-0.4, -0.2) is 31.9 Å². The number of carbonyl (C=O) groups excluding carboxylic acids is 1. The number of nitrogens with zero attached hydrogens (tertiary/aromatic N) is 3. The minimum atomic E-state index is -0.310. The molecule has 154 valence electrons. The van der Waals surface area contributed by atoms with Crippen molar-refractivity contribution in [2.45, 2.75) is 57.0 Å². The van der Waals surface area contributed by atoms with Crippen molar-refractivity contribution < 1.29 is 4.79 Å². The summed E-state index contributed by atoms with van der Waals surface area (Å²) < 4.78 is 1.65. The van der Waals surface area contributed by atoms with Crippen LogP contribution < -0.4 is 16.4 Å². The van der Waals surface area contributed by atoms with Crippen molar-refractivity contribution in [3.63, 3.8) is 0 Å². The molecule has 2 N–H and O–H groups in total. The SMILES string of the molecule is O=C(NC1CCC(n2nc3c(cc2=O)CCC3)CC1)c1n[nH]c(=O)c2ccccc12. The Morgan fingerprint density at radius 3 is 2.63 bits per heavy atom. The monoisotopic (exact) mass is 405 g/mol. The van der Waals surface area contributed by atoms with Gasteiger partial charge in [0.2, 0.25) is 0 Å². The minimum absolute atomic E-state index is 0.00590. The minimum Gasteiger partial charge on any atom is -0.348 e. The third-order valence-corrected chi connectivity index (χ3v) is 6.27. The van der Waals surface area contributed by atoms with Crippen LogP contribution in [0.25, 0.3) is 10.8 Å². The van der Waals surface area contributed by atoms with E-state index in [4.69, 9.17) is 0 Å². The Balaban J connectivity index is 1.28. The molecule has 3 aromatic rings. The molecule has 0 saturated heterocycles. The molecular weight excluding hydrogens is 382 g/mol. The van der Waals surface area contributed by atoms with Crippen LogP contribution in [0, 0.1) is 0 Å². The first kappa shape index (κ1) is 18.7. The molecule has 0 bridgehead atoms. The topological polar surface area (TPSA) is 110 Å². The van der Waals surface area contributed by atoms with Crippen molar-refractivity contribution in [3.8, 4) is 0 Å². The maximum atomic E-state index is 12.8. The highest BCUT2D eigenvalue weighted by Crippen LogP contribution is 2.28. The lowest BCUT2D eigenvalue weighted by Gasteiger charge is -2.29. The highest BCUT2D eigenvalue weighted by Gasteiger charge is 2.27. The summed E-state index contributed by atoms with van der Waals surface area (Å²) in [6, 6.07) is 8.78. The van der Waals surface area contributed by atoms with Gasteiger partial charge in [-0.25, -0.2) is 9.78 Å². The van der Waals surface area contributed by atoms with Crippen LogP contribution >= 0.6 is 0 Å². The lowest BCUT2D eigenvalue weighted by molar-refractivity contribution is 0.0917. The molecule has 1 aromatic carbocycles. The number of aromatic amines is 1. The molecule has 1 saturated carbocycles. The highest BCUT2D eigenvalue weighted by molar-refractivity contribution is 6.04. The summed E-state index contributed by atoms with van der Waals surface area (Å²) in [5.74, 6) is -0.293. The molecule has 0 unspecified atom stereocenters. The summed E-state index contributed by atoms with van der Waals surface area (Å²) in [6.45, 7) is 0. The summed E-state index contributed by atoms with van der Waals surface area (Å²) in [6.07, 6.45) is 6.07. The fraction of sp³-hybridized carbons (Fsp3) is 0.409. The second-order valence-corrected chi connectivity index (χ2v) is 8.18. The van der Waals surface area contributed by atoms with Gasteiger partial charge in [0.15, 0.2) is 5.69 Å². The van der Waals surface area contributed by atoms with Gasteiger partial charge in [-0.1, -0.05) is 18.2 Å². The maximum absolute atomic E-state index is 12.8. The van der Waals surface area contributed by atoms with Crippen LogP contribution in [0.3, 0.4) is 0 Å². The maximum Gasteiger partial charge on any atom is 0.272 e. The Bertz CT molecular complexity index is 1240. The number of aryl methyl sites for hydroxylation is 2. The molecule has 0 spiro atoms. The van der Waals surface area contributed by atoms with E-state index in [9.17, 15) is 14.4 Å². The van der Waals surface area contributed by atoms with Gasteiger partial charge in [-0.05, 0) is 56.6 Å². The molecular formula is C22H23N5O3. The van der Waals surface area contributed by atoms with Crippen LogP contribution in [0.1, 0.15) is 59.9 Å². The summed E-state index contributed by atoms with van der Waals surface area (Å²) in [5.41, 5.74) is 2.05. The summed E-state index contributed by atoms with van der Waals surface area (Å²) >= 11 is 0. The number of amides is 1. The van der Waals surface area contributed by atoms with Gasteiger partial charge in [0.25, 0.3) is 17.0 Å². The number of H-pyrrole nitrogens is 1. The number of hydrogen-bond donors (Lipinski definition) is 2. The van der Waals surface area contributed by atoms with E-state index in [1.54, 1.807) is 35.0 Å². The van der Waals surface area contributed by atoms with E-state index in [-0.39, 0.29) is 34.8 Å². The largest absolute Gasteiger partial charge is 0.348 e. The number of hydrogen-bond acceptors (Lipinski definition) is 5. The summed E-state index contributed by atoms with van der Waals surface area (Å²) in [7, 11) is 0. The molecule has 1 fully saturated rings. The van der Waals surface area contributed by atoms with Crippen molar-refractivity contribution in [2.75, 3.05) is 0 Å². The molecule has 30 heavy (non-hydrogen) atoms. The van der Waals surface area contributed by atoms with E-state index in [2.05, 4.69) is 20.6 Å². The number of nitrogens with one attached hydrogen (secondary N) is 2. The van der Waals surface area contributed by atoms with E-state index in [0.717, 1.165) is 56.2 Å². The standard InChI is InChI=1S/C22H23N5O3/c28-19-12-13-4-3-7-18(13)26-27(19)15-10-8-14(9-11-15)23-22(30)20-16-5-1-2-6-17(16)21(29)25-24-20/h1-2,5-6,12,14-15H,3-4,7-11H2,(H,23,30)(H,25,29). The lowest BCUT2D eigenvalue weighted by atomic mass is 9.91. The summed E-state index contributed by atoms with van der Waals surface area (Å²) in [4.78, 5) is 37.2. The number of fused-ring (bicyclic) bond motifs is 2. The molecule has 2 aliphatic carbocycles. The van der Waals surface area contributed by atoms with Crippen molar-refractivity contribution in [1.82, 2.24) is 25.3 Å². The van der Waals surface area contributed by atoms with Gasteiger partial charge >= 0.3 is 0 Å². The van der Waals surface area contributed by atoms with E-state index >= 15 is 0 Å². The normalized spacial score (nSPS) is 20.8. The first-order chi connectivity index (χ1) is 14.6. The fourth-order valence-corrected chi connectivity index (χ4v) is 4.68. The fourth-order valence-electron chi connectivity index (χ4n) is 4.68. The Morgan fingerprint density at radius 1 is 1.07 bits per heavy atom. The van der Waals surface area contributed by atoms with Crippen molar-refractivity contribution in [3.05, 3.63) is 68.0 Å². The number of benzene rings is 1. The molecule has 0 aliphatic heterocycles. The second-order valence-electron chi connectivity index (χ2n) is 8.18. The quantitative estimate of drug-likeness (QED) is 0.691. The zero-order valence-electron chi connectivity index (χ0n) is 16.6. The molecule has 2 aliphatic rings. The zero-order chi connectivity index (χ0) is 20.7. The van der Waals surface area contributed by atoms with Gasteiger partial charge in [0.05, 0.1) is 17.1 Å². The first-order valence-corrected chi connectivity index (χ1v) is 10.5. The Morgan fingerprint density at radius 2 is 1.83 bits per heavy atom. The smallest absolute Gasteiger partial charge is 0.272 e. The number of aromatic nitrogens is 4. The van der Waals surface area contributed by atoms with Crippen LogP contribution in [-0.2, 0) is 12.8 Å². The number of carbonyl (C=O) groups is 1. The van der Waals surface area contributed by atoms with Gasteiger partial charge in [0.1, 0.15) is 0 Å². The molecule has 2 heterocycles. The molecule has 5 rings (SSSR count). The van der Waals surface area contributed by atoms with Crippen LogP contribution in [0.15, 0.2) is 39.9 Å². The van der Waals surface area contributed by atoms with E-state index in [0.29, 0.717) is 10.8 Å². The zero-order valence-corrected chi connectivity index (χ0v) is 16.6. The first-order valence-electron chi connectivity index (χ1n) is 10.5. The van der Waals surface area contributed by atoms with Crippen LogP contribution in [0.4, 0.5) is 0 Å². The predicted octanol–water partition coefficient (Wildman–Crippen LogP) is 1.88. The van der Waals surface area contributed by atoms with Crippen molar-refractivity contribution in [2.24, 2.45) is 0 Å². The van der Waals surface area contributed by atoms with E-state index in [1.807, 2.05) is 0 Å². The lowest BCUT2D eigenvalue weighted by Crippen LogP contribution is -2.40. The van der Waals surface area contributed by atoms with Gasteiger partial charge in [-0.2, -0.15) is 10.2 Å². The molecule has 8 nitrogen and oxygen atoms in total. The van der Waals surface area contributed by atoms with Gasteiger partial charge in [-0.3, -0.25) is 14.4 Å². The van der Waals surface area contributed by atoms with Gasteiger partial charge in [-0.15, -0.1) is 0 Å². The molecule has 0 radical (unpaired) electrons.